The molecular weight excluding hydrogens is 339 g/mol. The lowest BCUT2D eigenvalue weighted by Crippen LogP contribution is -2.59. The van der Waals surface area contributed by atoms with Crippen LogP contribution in [0.15, 0.2) is 0 Å². The second-order valence-corrected chi connectivity index (χ2v) is 6.26. The van der Waals surface area contributed by atoms with Gasteiger partial charge in [0.25, 0.3) is 0 Å². The highest BCUT2D eigenvalue weighted by atomic mass is 31.2. The summed E-state index contributed by atoms with van der Waals surface area (Å²) in [7, 11) is -4.78. The van der Waals surface area contributed by atoms with Gasteiger partial charge in [-0.25, -0.2) is 4.57 Å². The molecule has 1 aliphatic rings. The largest absolute Gasteiger partial charge is 0.481 e. The number of hydrogen-bond donors (Lipinski definition) is 6. The molecule has 0 spiro atoms. The van der Waals surface area contributed by atoms with Gasteiger partial charge >= 0.3 is 13.8 Å². The SMILES string of the molecule is O=C(O)CCCCO[C@H]1OC(COP(=O)(O)O)[C@@H](O)C(O)C1O. The minimum Gasteiger partial charge on any atom is -0.481 e. The molecule has 1 heterocycles. The Morgan fingerprint density at radius 1 is 1.09 bits per heavy atom. The molecule has 0 aromatic rings. The first-order chi connectivity index (χ1) is 10.6. The van der Waals surface area contributed by atoms with Crippen LogP contribution in [0.1, 0.15) is 19.3 Å². The van der Waals surface area contributed by atoms with Crippen molar-refractivity contribution >= 4 is 13.8 Å². The van der Waals surface area contributed by atoms with Crippen LogP contribution in [-0.4, -0.2) is 80.1 Å². The van der Waals surface area contributed by atoms with Crippen LogP contribution in [0.4, 0.5) is 0 Å². The van der Waals surface area contributed by atoms with Gasteiger partial charge in [0.15, 0.2) is 6.29 Å². The number of carboxylic acids is 1. The van der Waals surface area contributed by atoms with E-state index in [9.17, 15) is 24.7 Å². The molecule has 0 bridgehead atoms. The zero-order valence-electron chi connectivity index (χ0n) is 12.1. The quantitative estimate of drug-likeness (QED) is 0.201. The predicted molar refractivity (Wildman–Crippen MR) is 72.1 cm³/mol. The standard InChI is InChI=1S/C11H21O11P/c12-7(13)3-1-2-4-20-11-10(16)9(15)8(14)6(22-11)5-21-23(17,18)19/h6,8-11,14-16H,1-5H2,(H,12,13)(H2,17,18,19)/t6?,8-,9?,10?,11+/m1/s1. The molecule has 1 rings (SSSR count). The molecule has 11 nitrogen and oxygen atoms in total. The molecule has 1 saturated heterocycles. The minimum atomic E-state index is -4.78. The lowest BCUT2D eigenvalue weighted by Gasteiger charge is -2.40. The summed E-state index contributed by atoms with van der Waals surface area (Å²) in [6.07, 6.45) is -6.85. The molecule has 0 amide bonds. The fraction of sp³-hybridized carbons (Fsp3) is 0.909. The number of rotatable bonds is 9. The van der Waals surface area contributed by atoms with Crippen LogP contribution in [0.5, 0.6) is 0 Å². The van der Waals surface area contributed by atoms with Crippen LogP contribution in [-0.2, 0) is 23.4 Å². The summed E-state index contributed by atoms with van der Waals surface area (Å²) in [4.78, 5) is 27.6. The van der Waals surface area contributed by atoms with Crippen LogP contribution < -0.4 is 0 Å². The van der Waals surface area contributed by atoms with E-state index in [0.29, 0.717) is 12.8 Å². The molecule has 0 saturated carbocycles. The van der Waals surface area contributed by atoms with E-state index in [0.717, 1.165) is 0 Å². The summed E-state index contributed by atoms with van der Waals surface area (Å²) in [6.45, 7) is -0.683. The van der Waals surface area contributed by atoms with Gasteiger partial charge in [0.2, 0.25) is 0 Å². The van der Waals surface area contributed by atoms with Gasteiger partial charge in [0, 0.05) is 13.0 Å². The Morgan fingerprint density at radius 3 is 2.30 bits per heavy atom. The summed E-state index contributed by atoms with van der Waals surface area (Å²) in [6, 6.07) is 0. The van der Waals surface area contributed by atoms with E-state index in [-0.39, 0.29) is 13.0 Å². The third-order valence-electron chi connectivity index (χ3n) is 3.14. The highest BCUT2D eigenvalue weighted by Crippen LogP contribution is 2.37. The molecule has 0 aromatic heterocycles. The number of ether oxygens (including phenoxy) is 2. The van der Waals surface area contributed by atoms with Crippen molar-refractivity contribution in [3.8, 4) is 0 Å². The molecule has 0 aliphatic carbocycles. The zero-order chi connectivity index (χ0) is 17.6. The maximum absolute atomic E-state index is 10.7. The summed E-state index contributed by atoms with van der Waals surface area (Å²) in [5.41, 5.74) is 0. The number of hydrogen-bond acceptors (Lipinski definition) is 8. The fourth-order valence-electron chi connectivity index (χ4n) is 1.94. The van der Waals surface area contributed by atoms with Crippen molar-refractivity contribution in [2.45, 2.75) is 50.0 Å². The van der Waals surface area contributed by atoms with E-state index < -0.39 is 51.1 Å². The molecule has 5 atom stereocenters. The molecule has 6 N–H and O–H groups in total. The molecule has 1 aliphatic heterocycles. The van der Waals surface area contributed by atoms with E-state index in [1.54, 1.807) is 0 Å². The zero-order valence-corrected chi connectivity index (χ0v) is 13.0. The maximum atomic E-state index is 10.7. The van der Waals surface area contributed by atoms with Gasteiger partial charge in [-0.05, 0) is 12.8 Å². The summed E-state index contributed by atoms with van der Waals surface area (Å²) in [5.74, 6) is -0.952. The van der Waals surface area contributed by atoms with Crippen molar-refractivity contribution in [3.05, 3.63) is 0 Å². The maximum Gasteiger partial charge on any atom is 0.469 e. The summed E-state index contributed by atoms with van der Waals surface area (Å²) in [5, 5.41) is 37.6. The highest BCUT2D eigenvalue weighted by molar-refractivity contribution is 7.46. The van der Waals surface area contributed by atoms with Gasteiger partial charge in [-0.15, -0.1) is 0 Å². The Balaban J connectivity index is 2.48. The molecule has 1 fully saturated rings. The Bertz CT molecular complexity index is 424. The van der Waals surface area contributed by atoms with Gasteiger partial charge < -0.3 is 39.7 Å². The molecular formula is C11H21O11P. The van der Waals surface area contributed by atoms with Gasteiger partial charge in [-0.2, -0.15) is 0 Å². The van der Waals surface area contributed by atoms with Crippen molar-refractivity contribution in [3.63, 3.8) is 0 Å². The van der Waals surface area contributed by atoms with Crippen molar-refractivity contribution < 1.29 is 53.6 Å². The first-order valence-corrected chi connectivity index (χ1v) is 8.38. The number of aliphatic hydroxyl groups excluding tert-OH is 3. The van der Waals surface area contributed by atoms with E-state index in [4.69, 9.17) is 24.4 Å². The third kappa shape index (κ3) is 7.21. The van der Waals surface area contributed by atoms with Crippen molar-refractivity contribution in [2.24, 2.45) is 0 Å². The number of phosphoric ester groups is 1. The number of phosphoric acid groups is 1. The molecule has 12 heteroatoms. The molecule has 0 radical (unpaired) electrons. The van der Waals surface area contributed by atoms with Crippen LogP contribution in [0, 0.1) is 0 Å². The lowest BCUT2D eigenvalue weighted by molar-refractivity contribution is -0.300. The molecule has 136 valence electrons. The number of aliphatic carboxylic acids is 1. The van der Waals surface area contributed by atoms with Gasteiger partial charge in [0.05, 0.1) is 6.61 Å². The van der Waals surface area contributed by atoms with Crippen LogP contribution in [0.25, 0.3) is 0 Å². The molecule has 0 aromatic carbocycles. The lowest BCUT2D eigenvalue weighted by atomic mass is 9.99. The van der Waals surface area contributed by atoms with Crippen molar-refractivity contribution in [2.75, 3.05) is 13.2 Å². The molecule has 3 unspecified atom stereocenters. The van der Waals surface area contributed by atoms with Gasteiger partial charge in [-0.1, -0.05) is 0 Å². The van der Waals surface area contributed by atoms with Crippen molar-refractivity contribution in [1.29, 1.82) is 0 Å². The Hall–Kier alpha value is -0.620. The van der Waals surface area contributed by atoms with Crippen LogP contribution in [0.3, 0.4) is 0 Å². The van der Waals surface area contributed by atoms with Crippen LogP contribution in [0.2, 0.25) is 0 Å². The summed E-state index contributed by atoms with van der Waals surface area (Å²) >= 11 is 0. The fourth-order valence-corrected chi connectivity index (χ4v) is 2.28. The Kier molecular flexibility index (Phi) is 8.01. The number of carbonyl (C=O) groups is 1. The average molecular weight is 360 g/mol. The number of unbranched alkanes of at least 4 members (excludes halogenated alkanes) is 1. The predicted octanol–water partition coefficient (Wildman–Crippen LogP) is -1.83. The Labute approximate surface area is 131 Å². The highest BCUT2D eigenvalue weighted by Gasteiger charge is 2.44. The average Bonchev–Trinajstić information content (AvgIpc) is 2.44. The van der Waals surface area contributed by atoms with E-state index >= 15 is 0 Å². The first kappa shape index (κ1) is 20.4. The number of carboxylic acid groups (broad SMARTS) is 1. The van der Waals surface area contributed by atoms with Crippen LogP contribution >= 0.6 is 7.82 Å². The normalized spacial score (nSPS) is 32.0. The van der Waals surface area contributed by atoms with Gasteiger partial charge in [0.1, 0.15) is 24.4 Å². The third-order valence-corrected chi connectivity index (χ3v) is 3.63. The van der Waals surface area contributed by atoms with E-state index in [1.807, 2.05) is 0 Å². The van der Waals surface area contributed by atoms with E-state index in [1.165, 1.54) is 0 Å². The molecule has 23 heavy (non-hydrogen) atoms. The number of aliphatic hydroxyl groups is 3. The topological polar surface area (TPSA) is 183 Å². The second-order valence-electron chi connectivity index (χ2n) is 5.02. The minimum absolute atomic E-state index is 0.0316. The monoisotopic (exact) mass is 360 g/mol. The first-order valence-electron chi connectivity index (χ1n) is 6.85. The summed E-state index contributed by atoms with van der Waals surface area (Å²) < 4.78 is 25.2. The Morgan fingerprint density at radius 2 is 1.74 bits per heavy atom. The second kappa shape index (κ2) is 9.02. The van der Waals surface area contributed by atoms with Crippen molar-refractivity contribution in [1.82, 2.24) is 0 Å². The van der Waals surface area contributed by atoms with E-state index in [2.05, 4.69) is 4.52 Å². The van der Waals surface area contributed by atoms with Gasteiger partial charge in [-0.3, -0.25) is 9.32 Å². The smallest absolute Gasteiger partial charge is 0.469 e.